The molecule has 28 heavy (non-hydrogen) atoms. The Morgan fingerprint density at radius 2 is 1.75 bits per heavy atom. The van der Waals surface area contributed by atoms with Gasteiger partial charge in [-0.15, -0.1) is 0 Å². The number of allylic oxidation sites excluding steroid dienone is 1. The second kappa shape index (κ2) is 6.52. The molecule has 140 valence electrons. The average molecular weight is 369 g/mol. The Kier molecular flexibility index (Phi) is 3.97. The zero-order valence-electron chi connectivity index (χ0n) is 16.2. The highest BCUT2D eigenvalue weighted by atomic mass is 16.5. The van der Waals surface area contributed by atoms with Crippen LogP contribution in [0.5, 0.6) is 5.75 Å². The Bertz CT molecular complexity index is 1110. The number of hydrogen-bond donors (Lipinski definition) is 1. The Labute approximate surface area is 165 Å². The first-order chi connectivity index (χ1) is 13.7. The number of carbonyl (C=O) groups is 1. The molecule has 0 fully saturated rings. The van der Waals surface area contributed by atoms with Crippen LogP contribution in [0, 0.1) is 5.92 Å². The van der Waals surface area contributed by atoms with Gasteiger partial charge < -0.3 is 10.1 Å². The number of hydrogen-bond acceptors (Lipinski definition) is 3. The molecule has 3 heteroatoms. The fourth-order valence-corrected chi connectivity index (χ4v) is 4.69. The first-order valence-electron chi connectivity index (χ1n) is 9.84. The third-order valence-corrected chi connectivity index (χ3v) is 5.98. The minimum absolute atomic E-state index is 0.116. The van der Waals surface area contributed by atoms with E-state index in [2.05, 4.69) is 60.8 Å². The van der Waals surface area contributed by atoms with Crippen molar-refractivity contribution in [3.63, 3.8) is 0 Å². The lowest BCUT2D eigenvalue weighted by molar-refractivity contribution is -0.116. The number of methoxy groups -OCH3 is 1. The summed E-state index contributed by atoms with van der Waals surface area (Å²) in [4.78, 5) is 13.2. The molecule has 1 aliphatic heterocycles. The molecule has 1 heterocycles. The molecule has 5 rings (SSSR count). The highest BCUT2D eigenvalue weighted by molar-refractivity contribution is 6.12. The number of nitrogens with one attached hydrogen (secondary N) is 1. The third-order valence-electron chi connectivity index (χ3n) is 5.98. The van der Waals surface area contributed by atoms with Crippen LogP contribution in [0.4, 0.5) is 5.69 Å². The zero-order chi connectivity index (χ0) is 19.3. The molecule has 2 aliphatic rings. The number of fused-ring (bicyclic) bond motifs is 4. The summed E-state index contributed by atoms with van der Waals surface area (Å²) < 4.78 is 5.30. The van der Waals surface area contributed by atoms with Crippen molar-refractivity contribution in [2.45, 2.75) is 25.8 Å². The summed E-state index contributed by atoms with van der Waals surface area (Å²) in [5, 5.41) is 6.10. The van der Waals surface area contributed by atoms with E-state index in [4.69, 9.17) is 4.74 Å². The molecule has 0 spiro atoms. The van der Waals surface area contributed by atoms with Crippen molar-refractivity contribution in [3.8, 4) is 5.75 Å². The van der Waals surface area contributed by atoms with Crippen LogP contribution in [-0.4, -0.2) is 12.9 Å². The number of carbonyl (C=O) groups excluding carboxylic acids is 1. The van der Waals surface area contributed by atoms with Crippen molar-refractivity contribution < 1.29 is 9.53 Å². The van der Waals surface area contributed by atoms with E-state index >= 15 is 0 Å². The Balaban J connectivity index is 1.74. The van der Waals surface area contributed by atoms with E-state index in [-0.39, 0.29) is 11.8 Å². The third kappa shape index (κ3) is 2.62. The first-order valence-corrected chi connectivity index (χ1v) is 9.84. The molecule has 0 aromatic heterocycles. The quantitative estimate of drug-likeness (QED) is 0.623. The number of ketones is 1. The summed E-state index contributed by atoms with van der Waals surface area (Å²) in [5.74, 6) is 1.46. The van der Waals surface area contributed by atoms with Gasteiger partial charge in [-0.2, -0.15) is 0 Å². The zero-order valence-corrected chi connectivity index (χ0v) is 16.2. The van der Waals surface area contributed by atoms with E-state index < -0.39 is 0 Å². The lowest BCUT2D eigenvalue weighted by Gasteiger charge is -2.36. The fourth-order valence-electron chi connectivity index (χ4n) is 4.69. The van der Waals surface area contributed by atoms with Gasteiger partial charge in [0, 0.05) is 23.2 Å². The number of ether oxygens (including phenoxy) is 1. The van der Waals surface area contributed by atoms with Crippen LogP contribution in [0.15, 0.2) is 66.2 Å². The molecule has 0 amide bonds. The summed E-state index contributed by atoms with van der Waals surface area (Å²) in [6, 6.07) is 20.7. The van der Waals surface area contributed by atoms with Crippen molar-refractivity contribution in [2.24, 2.45) is 5.92 Å². The van der Waals surface area contributed by atoms with E-state index in [1.807, 2.05) is 12.1 Å². The van der Waals surface area contributed by atoms with Crippen molar-refractivity contribution in [3.05, 3.63) is 77.4 Å². The predicted molar refractivity (Wildman–Crippen MR) is 114 cm³/mol. The van der Waals surface area contributed by atoms with Crippen molar-refractivity contribution in [2.75, 3.05) is 12.4 Å². The monoisotopic (exact) mass is 369 g/mol. The van der Waals surface area contributed by atoms with Gasteiger partial charge in [0.15, 0.2) is 5.78 Å². The molecule has 0 radical (unpaired) electrons. The molecule has 0 bridgehead atoms. The van der Waals surface area contributed by atoms with Crippen molar-refractivity contribution in [1.29, 1.82) is 0 Å². The number of Topliss-reactive ketones (excluding diaryl/α,β-unsaturated/α-hetero) is 1. The van der Waals surface area contributed by atoms with E-state index in [0.717, 1.165) is 29.0 Å². The van der Waals surface area contributed by atoms with Crippen molar-refractivity contribution in [1.82, 2.24) is 0 Å². The highest BCUT2D eigenvalue weighted by Crippen LogP contribution is 2.49. The molecule has 0 saturated heterocycles. The summed E-state index contributed by atoms with van der Waals surface area (Å²) in [7, 11) is 1.67. The normalized spacial score (nSPS) is 21.1. The van der Waals surface area contributed by atoms with Gasteiger partial charge in [-0.05, 0) is 52.4 Å². The van der Waals surface area contributed by atoms with Gasteiger partial charge in [-0.1, -0.05) is 49.4 Å². The molecule has 3 aromatic carbocycles. The predicted octanol–water partition coefficient (Wildman–Crippen LogP) is 5.77. The molecule has 1 aliphatic carbocycles. The summed E-state index contributed by atoms with van der Waals surface area (Å²) in [5.41, 5.74) is 5.56. The second-order valence-electron chi connectivity index (χ2n) is 7.89. The molecular weight excluding hydrogens is 346 g/mol. The fraction of sp³-hybridized carbons (Fsp3) is 0.240. The Morgan fingerprint density at radius 3 is 2.54 bits per heavy atom. The van der Waals surface area contributed by atoms with Gasteiger partial charge in [0.1, 0.15) is 5.75 Å². The lowest BCUT2D eigenvalue weighted by atomic mass is 9.74. The standard InChI is InChI=1S/C25H23NO2/c1-15-13-20-23-19-6-4-3-5-16(19)9-12-21(23)26-25(24(20)22(27)14-15)17-7-10-18(28-2)11-8-17/h3-12,15,25-26H,13-14H2,1-2H3/t15-,25-/m1/s1. The molecule has 3 aromatic rings. The Hall–Kier alpha value is -3.07. The average Bonchev–Trinajstić information content (AvgIpc) is 2.72. The highest BCUT2D eigenvalue weighted by Gasteiger charge is 2.36. The van der Waals surface area contributed by atoms with Gasteiger partial charge >= 0.3 is 0 Å². The van der Waals surface area contributed by atoms with Crippen LogP contribution in [0.3, 0.4) is 0 Å². The van der Waals surface area contributed by atoms with E-state index in [9.17, 15) is 4.79 Å². The molecular formula is C25H23NO2. The second-order valence-corrected chi connectivity index (χ2v) is 7.89. The largest absolute Gasteiger partial charge is 0.497 e. The number of rotatable bonds is 2. The molecule has 2 atom stereocenters. The van der Waals surface area contributed by atoms with Crippen LogP contribution in [0.25, 0.3) is 16.3 Å². The van der Waals surface area contributed by atoms with E-state index in [1.165, 1.54) is 21.9 Å². The lowest BCUT2D eigenvalue weighted by Crippen LogP contribution is -2.29. The number of benzene rings is 3. The maximum Gasteiger partial charge on any atom is 0.161 e. The first kappa shape index (κ1) is 17.1. The maximum atomic E-state index is 13.2. The maximum absolute atomic E-state index is 13.2. The smallest absolute Gasteiger partial charge is 0.161 e. The van der Waals surface area contributed by atoms with Gasteiger partial charge in [0.25, 0.3) is 0 Å². The van der Waals surface area contributed by atoms with Crippen LogP contribution in [-0.2, 0) is 4.79 Å². The van der Waals surface area contributed by atoms with E-state index in [0.29, 0.717) is 12.3 Å². The topological polar surface area (TPSA) is 38.3 Å². The molecule has 3 nitrogen and oxygen atoms in total. The van der Waals surface area contributed by atoms with Crippen LogP contribution < -0.4 is 10.1 Å². The van der Waals surface area contributed by atoms with Crippen LogP contribution >= 0.6 is 0 Å². The van der Waals surface area contributed by atoms with Gasteiger partial charge in [0.2, 0.25) is 0 Å². The minimum Gasteiger partial charge on any atom is -0.497 e. The van der Waals surface area contributed by atoms with Crippen molar-refractivity contribution >= 4 is 27.8 Å². The summed E-state index contributed by atoms with van der Waals surface area (Å²) in [6.45, 7) is 2.18. The molecule has 0 unspecified atom stereocenters. The van der Waals surface area contributed by atoms with Gasteiger partial charge in [-0.25, -0.2) is 0 Å². The van der Waals surface area contributed by atoms with Gasteiger partial charge in [0.05, 0.1) is 13.2 Å². The minimum atomic E-state index is -0.116. The van der Waals surface area contributed by atoms with Crippen LogP contribution in [0.1, 0.15) is 36.9 Å². The Morgan fingerprint density at radius 1 is 0.964 bits per heavy atom. The number of anilines is 1. The SMILES string of the molecule is COc1ccc([C@H]2Nc3ccc4ccccc4c3C3=C2C(=O)C[C@H](C)C3)cc1. The molecule has 0 saturated carbocycles. The molecule has 1 N–H and O–H groups in total. The summed E-state index contributed by atoms with van der Waals surface area (Å²) >= 11 is 0. The van der Waals surface area contributed by atoms with E-state index in [1.54, 1.807) is 7.11 Å². The van der Waals surface area contributed by atoms with Gasteiger partial charge in [-0.3, -0.25) is 4.79 Å². The van der Waals surface area contributed by atoms with Crippen LogP contribution in [0.2, 0.25) is 0 Å². The summed E-state index contributed by atoms with van der Waals surface area (Å²) in [6.07, 6.45) is 1.56.